The molecule has 0 amide bonds. The summed E-state index contributed by atoms with van der Waals surface area (Å²) in [6, 6.07) is 8.05. The predicted molar refractivity (Wildman–Crippen MR) is 66.4 cm³/mol. The Morgan fingerprint density at radius 1 is 1.12 bits per heavy atom. The highest BCUT2D eigenvalue weighted by molar-refractivity contribution is 5.26. The number of hydrogen-bond acceptors (Lipinski definition) is 3. The maximum atomic E-state index is 5.65. The molecule has 0 atom stereocenters. The second-order valence-corrected chi connectivity index (χ2v) is 4.15. The molecule has 0 spiro atoms. The molecule has 0 saturated carbocycles. The van der Waals surface area contributed by atoms with Gasteiger partial charge in [-0.05, 0) is 26.0 Å². The largest absolute Gasteiger partial charge is 0.493 e. The molecule has 3 heteroatoms. The molecule has 1 aromatic carbocycles. The van der Waals surface area contributed by atoms with Crippen LogP contribution in [-0.2, 0) is 6.42 Å². The van der Waals surface area contributed by atoms with E-state index in [-0.39, 0.29) is 0 Å². The van der Waals surface area contributed by atoms with Crippen molar-refractivity contribution in [1.82, 2.24) is 4.98 Å². The molecule has 0 aliphatic rings. The van der Waals surface area contributed by atoms with Gasteiger partial charge in [-0.3, -0.25) is 0 Å². The molecule has 1 aromatic heterocycles. The molecule has 90 valence electrons. The number of rotatable bonds is 4. The Morgan fingerprint density at radius 2 is 1.82 bits per heavy atom. The molecule has 2 rings (SSSR count). The fraction of sp³-hybridized carbons (Fsp3) is 0.357. The first-order valence-corrected chi connectivity index (χ1v) is 5.77. The van der Waals surface area contributed by atoms with Crippen LogP contribution in [0.3, 0.4) is 0 Å². The highest BCUT2D eigenvalue weighted by atomic mass is 16.5. The van der Waals surface area contributed by atoms with Crippen LogP contribution in [0.1, 0.15) is 22.9 Å². The summed E-state index contributed by atoms with van der Waals surface area (Å²) in [6.45, 7) is 6.47. The quantitative estimate of drug-likeness (QED) is 0.810. The lowest BCUT2D eigenvalue weighted by atomic mass is 10.2. The zero-order valence-electron chi connectivity index (χ0n) is 10.5. The SMILES string of the molecule is Cc1ccc(OCCc2nc(C)oc2C)cc1. The second-order valence-electron chi connectivity index (χ2n) is 4.15. The van der Waals surface area contributed by atoms with E-state index in [1.54, 1.807) is 0 Å². The van der Waals surface area contributed by atoms with Gasteiger partial charge in [-0.1, -0.05) is 17.7 Å². The van der Waals surface area contributed by atoms with Crippen LogP contribution in [0.4, 0.5) is 0 Å². The van der Waals surface area contributed by atoms with E-state index < -0.39 is 0 Å². The van der Waals surface area contributed by atoms with Gasteiger partial charge in [0.1, 0.15) is 11.5 Å². The van der Waals surface area contributed by atoms with Gasteiger partial charge in [-0.25, -0.2) is 4.98 Å². The van der Waals surface area contributed by atoms with E-state index in [0.717, 1.165) is 23.6 Å². The van der Waals surface area contributed by atoms with Gasteiger partial charge in [0, 0.05) is 13.3 Å². The summed E-state index contributed by atoms with van der Waals surface area (Å²) in [5.74, 6) is 2.50. The first-order chi connectivity index (χ1) is 8.15. The first kappa shape index (κ1) is 11.7. The predicted octanol–water partition coefficient (Wildman–Crippen LogP) is 3.22. The van der Waals surface area contributed by atoms with Gasteiger partial charge in [0.25, 0.3) is 0 Å². The average Bonchev–Trinajstić information content (AvgIpc) is 2.60. The highest BCUT2D eigenvalue weighted by Crippen LogP contribution is 2.13. The van der Waals surface area contributed by atoms with Crippen molar-refractivity contribution in [1.29, 1.82) is 0 Å². The van der Waals surface area contributed by atoms with E-state index in [1.165, 1.54) is 5.56 Å². The molecule has 0 saturated heterocycles. The summed E-state index contributed by atoms with van der Waals surface area (Å²) in [4.78, 5) is 4.31. The van der Waals surface area contributed by atoms with Crippen molar-refractivity contribution in [2.24, 2.45) is 0 Å². The fourth-order valence-electron chi connectivity index (χ4n) is 1.70. The van der Waals surface area contributed by atoms with E-state index in [4.69, 9.17) is 9.15 Å². The van der Waals surface area contributed by atoms with E-state index in [0.29, 0.717) is 12.5 Å². The number of hydrogen-bond donors (Lipinski definition) is 0. The lowest BCUT2D eigenvalue weighted by molar-refractivity contribution is 0.320. The van der Waals surface area contributed by atoms with Gasteiger partial charge in [-0.15, -0.1) is 0 Å². The van der Waals surface area contributed by atoms with Crippen molar-refractivity contribution in [2.45, 2.75) is 27.2 Å². The number of oxazole rings is 1. The number of nitrogens with zero attached hydrogens (tertiary/aromatic N) is 1. The van der Waals surface area contributed by atoms with Crippen LogP contribution < -0.4 is 4.74 Å². The Hall–Kier alpha value is -1.77. The molecule has 0 aliphatic carbocycles. The van der Waals surface area contributed by atoms with Gasteiger partial charge >= 0.3 is 0 Å². The second kappa shape index (κ2) is 5.04. The minimum Gasteiger partial charge on any atom is -0.493 e. The van der Waals surface area contributed by atoms with Crippen molar-refractivity contribution >= 4 is 0 Å². The van der Waals surface area contributed by atoms with Gasteiger partial charge < -0.3 is 9.15 Å². The summed E-state index contributed by atoms with van der Waals surface area (Å²) < 4.78 is 11.0. The molecule has 0 fully saturated rings. The molecule has 17 heavy (non-hydrogen) atoms. The number of aryl methyl sites for hydroxylation is 3. The number of aromatic nitrogens is 1. The van der Waals surface area contributed by atoms with Crippen LogP contribution in [0.2, 0.25) is 0 Å². The van der Waals surface area contributed by atoms with Gasteiger partial charge in [0.2, 0.25) is 0 Å². The van der Waals surface area contributed by atoms with Crippen LogP contribution in [0.15, 0.2) is 28.7 Å². The Bertz CT molecular complexity index is 485. The van der Waals surface area contributed by atoms with E-state index >= 15 is 0 Å². The maximum Gasteiger partial charge on any atom is 0.191 e. The zero-order valence-corrected chi connectivity index (χ0v) is 10.5. The van der Waals surface area contributed by atoms with Gasteiger partial charge in [-0.2, -0.15) is 0 Å². The van der Waals surface area contributed by atoms with Crippen LogP contribution in [0.5, 0.6) is 5.75 Å². The summed E-state index contributed by atoms with van der Waals surface area (Å²) >= 11 is 0. The molecule has 0 unspecified atom stereocenters. The molecule has 0 aliphatic heterocycles. The summed E-state index contributed by atoms with van der Waals surface area (Å²) in [5, 5.41) is 0. The summed E-state index contributed by atoms with van der Waals surface area (Å²) in [7, 11) is 0. The minimum atomic E-state index is 0.621. The van der Waals surface area contributed by atoms with Crippen molar-refractivity contribution in [3.63, 3.8) is 0 Å². The van der Waals surface area contributed by atoms with Crippen LogP contribution in [0.25, 0.3) is 0 Å². The summed E-state index contributed by atoms with van der Waals surface area (Å²) in [6.07, 6.45) is 0.775. The number of benzene rings is 1. The zero-order chi connectivity index (χ0) is 12.3. The minimum absolute atomic E-state index is 0.621. The smallest absolute Gasteiger partial charge is 0.191 e. The highest BCUT2D eigenvalue weighted by Gasteiger charge is 2.06. The molecule has 2 aromatic rings. The first-order valence-electron chi connectivity index (χ1n) is 5.77. The Labute approximate surface area is 101 Å². The third-order valence-corrected chi connectivity index (χ3v) is 2.63. The topological polar surface area (TPSA) is 35.3 Å². The average molecular weight is 231 g/mol. The maximum absolute atomic E-state index is 5.65. The summed E-state index contributed by atoms with van der Waals surface area (Å²) in [5.41, 5.74) is 2.22. The van der Waals surface area contributed by atoms with E-state index in [2.05, 4.69) is 11.9 Å². The van der Waals surface area contributed by atoms with Crippen LogP contribution in [0, 0.1) is 20.8 Å². The third-order valence-electron chi connectivity index (χ3n) is 2.63. The normalized spacial score (nSPS) is 10.5. The van der Waals surface area contributed by atoms with Gasteiger partial charge in [0.15, 0.2) is 5.89 Å². The molecule has 1 heterocycles. The van der Waals surface area contributed by atoms with E-state index in [1.807, 2.05) is 38.1 Å². The van der Waals surface area contributed by atoms with Crippen LogP contribution >= 0.6 is 0 Å². The molecular formula is C14H17NO2. The lowest BCUT2D eigenvalue weighted by Gasteiger charge is -2.05. The Morgan fingerprint density at radius 3 is 2.41 bits per heavy atom. The van der Waals surface area contributed by atoms with Crippen molar-refractivity contribution in [2.75, 3.05) is 6.61 Å². The number of ether oxygens (including phenoxy) is 1. The van der Waals surface area contributed by atoms with Crippen molar-refractivity contribution < 1.29 is 9.15 Å². The Kier molecular flexibility index (Phi) is 3.47. The van der Waals surface area contributed by atoms with Gasteiger partial charge in [0.05, 0.1) is 12.3 Å². The standard InChI is InChI=1S/C14H17NO2/c1-10-4-6-13(7-5-10)16-9-8-14-11(2)17-12(3)15-14/h4-7H,8-9H2,1-3H3. The van der Waals surface area contributed by atoms with Crippen molar-refractivity contribution in [3.05, 3.63) is 47.2 Å². The Balaban J connectivity index is 1.87. The molecule has 0 N–H and O–H groups in total. The molecular weight excluding hydrogens is 214 g/mol. The molecule has 3 nitrogen and oxygen atoms in total. The molecule has 0 radical (unpaired) electrons. The molecule has 0 bridgehead atoms. The van der Waals surface area contributed by atoms with Crippen molar-refractivity contribution in [3.8, 4) is 5.75 Å². The lowest BCUT2D eigenvalue weighted by Crippen LogP contribution is -2.02. The fourth-order valence-corrected chi connectivity index (χ4v) is 1.70. The monoisotopic (exact) mass is 231 g/mol. The van der Waals surface area contributed by atoms with Crippen LogP contribution in [-0.4, -0.2) is 11.6 Å². The van der Waals surface area contributed by atoms with E-state index in [9.17, 15) is 0 Å². The third kappa shape index (κ3) is 3.09.